The minimum absolute atomic E-state index is 0.361. The quantitative estimate of drug-likeness (QED) is 0.515. The van der Waals surface area contributed by atoms with Gasteiger partial charge >= 0.3 is 17.8 Å². The van der Waals surface area contributed by atoms with Crippen LogP contribution < -0.4 is 5.32 Å². The zero-order valence-electron chi connectivity index (χ0n) is 16.7. The number of nitrogens with one attached hydrogen (secondary N) is 2. The predicted octanol–water partition coefficient (Wildman–Crippen LogP) is 3.26. The highest BCUT2D eigenvalue weighted by Gasteiger charge is 2.28. The highest BCUT2D eigenvalue weighted by molar-refractivity contribution is 6.39. The zero-order valence-corrected chi connectivity index (χ0v) is 16.7. The molecular formula is C23H23N3O4. The Morgan fingerprint density at radius 3 is 2.63 bits per heavy atom. The van der Waals surface area contributed by atoms with Gasteiger partial charge in [-0.3, -0.25) is 9.59 Å². The third-order valence-corrected chi connectivity index (χ3v) is 5.18. The summed E-state index contributed by atoms with van der Waals surface area (Å²) in [7, 11) is 0. The maximum atomic E-state index is 12.7. The molecule has 7 heteroatoms. The molecule has 0 fully saturated rings. The van der Waals surface area contributed by atoms with Gasteiger partial charge in [0.15, 0.2) is 0 Å². The van der Waals surface area contributed by atoms with Crippen LogP contribution in [0.3, 0.4) is 0 Å². The minimum atomic E-state index is -0.695. The molecule has 0 radical (unpaired) electrons. The van der Waals surface area contributed by atoms with E-state index in [0.29, 0.717) is 37.4 Å². The Morgan fingerprint density at radius 1 is 1.10 bits per heavy atom. The molecule has 0 atom stereocenters. The Morgan fingerprint density at radius 2 is 1.87 bits per heavy atom. The third kappa shape index (κ3) is 3.91. The number of hydrogen-bond donors (Lipinski definition) is 2. The molecule has 2 N–H and O–H groups in total. The molecule has 1 aromatic heterocycles. The average Bonchev–Trinajstić information content (AvgIpc) is 3.15. The van der Waals surface area contributed by atoms with Crippen molar-refractivity contribution < 1.29 is 19.1 Å². The standard InChI is InChI=1S/C23H23N3O4/c1-2-13-30-23(29)15-7-9-16(10-8-15)24-21(27)22(28)26-12-11-20-18(14-26)17-5-3-4-6-19(17)25-20/h3-10,25H,2,11-14H2,1H3,(H,24,27). The first-order valence-corrected chi connectivity index (χ1v) is 10.0. The molecule has 30 heavy (non-hydrogen) atoms. The lowest BCUT2D eigenvalue weighted by molar-refractivity contribution is -0.143. The molecule has 1 aliphatic heterocycles. The molecule has 4 rings (SSSR count). The molecule has 1 aliphatic rings. The second kappa shape index (κ2) is 8.41. The number of esters is 1. The third-order valence-electron chi connectivity index (χ3n) is 5.18. The topological polar surface area (TPSA) is 91.5 Å². The molecule has 0 spiro atoms. The van der Waals surface area contributed by atoms with Gasteiger partial charge in [0.05, 0.1) is 12.2 Å². The van der Waals surface area contributed by atoms with Crippen molar-refractivity contribution >= 4 is 34.4 Å². The van der Waals surface area contributed by atoms with Gasteiger partial charge < -0.3 is 19.9 Å². The Hall–Kier alpha value is -3.61. The Kier molecular flexibility index (Phi) is 5.52. The van der Waals surface area contributed by atoms with Gasteiger partial charge in [-0.15, -0.1) is 0 Å². The summed E-state index contributed by atoms with van der Waals surface area (Å²) in [6.45, 7) is 3.16. The molecule has 0 saturated heterocycles. The Bertz CT molecular complexity index is 1100. The summed E-state index contributed by atoms with van der Waals surface area (Å²) < 4.78 is 5.08. The van der Waals surface area contributed by atoms with E-state index in [4.69, 9.17) is 4.74 Å². The number of ether oxygens (including phenoxy) is 1. The predicted molar refractivity (Wildman–Crippen MR) is 113 cm³/mol. The van der Waals surface area contributed by atoms with Crippen LogP contribution in [0.15, 0.2) is 48.5 Å². The van der Waals surface area contributed by atoms with Crippen molar-refractivity contribution in [3.8, 4) is 0 Å². The number of aromatic nitrogens is 1. The number of para-hydroxylation sites is 1. The van der Waals surface area contributed by atoms with E-state index in [1.165, 1.54) is 0 Å². The first-order valence-electron chi connectivity index (χ1n) is 10.0. The summed E-state index contributed by atoms with van der Waals surface area (Å²) in [4.78, 5) is 42.0. The lowest BCUT2D eigenvalue weighted by Crippen LogP contribution is -2.42. The summed E-state index contributed by atoms with van der Waals surface area (Å²) in [5.41, 5.74) is 4.07. The molecule has 154 valence electrons. The molecule has 0 aliphatic carbocycles. The van der Waals surface area contributed by atoms with E-state index in [2.05, 4.69) is 10.3 Å². The Labute approximate surface area is 174 Å². The van der Waals surface area contributed by atoms with Gasteiger partial charge in [-0.1, -0.05) is 25.1 Å². The summed E-state index contributed by atoms with van der Waals surface area (Å²) in [6, 6.07) is 14.3. The highest BCUT2D eigenvalue weighted by atomic mass is 16.5. The normalized spacial score (nSPS) is 13.0. The van der Waals surface area contributed by atoms with Gasteiger partial charge in [0.25, 0.3) is 0 Å². The van der Waals surface area contributed by atoms with Crippen molar-refractivity contribution in [2.24, 2.45) is 0 Å². The van der Waals surface area contributed by atoms with Crippen LogP contribution in [0.4, 0.5) is 5.69 Å². The summed E-state index contributed by atoms with van der Waals surface area (Å²) in [5.74, 6) is -1.68. The lowest BCUT2D eigenvalue weighted by Gasteiger charge is -2.26. The van der Waals surface area contributed by atoms with Crippen molar-refractivity contribution in [1.29, 1.82) is 0 Å². The van der Waals surface area contributed by atoms with E-state index < -0.39 is 17.8 Å². The fraction of sp³-hybridized carbons (Fsp3) is 0.261. The van der Waals surface area contributed by atoms with Crippen LogP contribution in [0.5, 0.6) is 0 Å². The zero-order chi connectivity index (χ0) is 21.1. The van der Waals surface area contributed by atoms with Crippen molar-refractivity contribution in [2.45, 2.75) is 26.3 Å². The van der Waals surface area contributed by atoms with Gasteiger partial charge in [-0.05, 0) is 36.8 Å². The number of nitrogens with zero attached hydrogens (tertiary/aromatic N) is 1. The van der Waals surface area contributed by atoms with Crippen LogP contribution in [-0.4, -0.2) is 40.8 Å². The molecule has 0 bridgehead atoms. The van der Waals surface area contributed by atoms with Crippen molar-refractivity contribution in [3.05, 3.63) is 65.4 Å². The van der Waals surface area contributed by atoms with Crippen LogP contribution in [0.1, 0.15) is 35.0 Å². The smallest absolute Gasteiger partial charge is 0.338 e. The number of fused-ring (bicyclic) bond motifs is 3. The summed E-state index contributed by atoms with van der Waals surface area (Å²) in [6.07, 6.45) is 1.43. The van der Waals surface area contributed by atoms with E-state index >= 15 is 0 Å². The van der Waals surface area contributed by atoms with Gasteiger partial charge in [-0.25, -0.2) is 4.79 Å². The number of rotatable bonds is 4. The number of carbonyl (C=O) groups excluding carboxylic acids is 3. The molecule has 2 aromatic carbocycles. The SMILES string of the molecule is CCCOC(=O)c1ccc(NC(=O)C(=O)N2CCc3[nH]c4ccccc4c3C2)cc1. The number of amides is 2. The van der Waals surface area contributed by atoms with E-state index in [-0.39, 0.29) is 0 Å². The summed E-state index contributed by atoms with van der Waals surface area (Å²) >= 11 is 0. The average molecular weight is 405 g/mol. The molecule has 2 heterocycles. The second-order valence-corrected chi connectivity index (χ2v) is 7.27. The minimum Gasteiger partial charge on any atom is -0.462 e. The van der Waals surface area contributed by atoms with Crippen LogP contribution in [0.2, 0.25) is 0 Å². The van der Waals surface area contributed by atoms with E-state index in [0.717, 1.165) is 28.6 Å². The lowest BCUT2D eigenvalue weighted by atomic mass is 10.0. The second-order valence-electron chi connectivity index (χ2n) is 7.27. The largest absolute Gasteiger partial charge is 0.462 e. The van der Waals surface area contributed by atoms with Gasteiger partial charge in [0, 0.05) is 47.4 Å². The first kappa shape index (κ1) is 19.7. The molecular weight excluding hydrogens is 382 g/mol. The Balaban J connectivity index is 1.40. The van der Waals surface area contributed by atoms with Gasteiger partial charge in [0.1, 0.15) is 0 Å². The number of H-pyrrole nitrogens is 1. The van der Waals surface area contributed by atoms with E-state index in [9.17, 15) is 14.4 Å². The number of carbonyl (C=O) groups is 3. The monoisotopic (exact) mass is 405 g/mol. The number of anilines is 1. The fourth-order valence-corrected chi connectivity index (χ4v) is 3.64. The van der Waals surface area contributed by atoms with Crippen LogP contribution >= 0.6 is 0 Å². The van der Waals surface area contributed by atoms with Crippen molar-refractivity contribution in [3.63, 3.8) is 0 Å². The molecule has 3 aromatic rings. The van der Waals surface area contributed by atoms with Gasteiger partial charge in [-0.2, -0.15) is 0 Å². The van der Waals surface area contributed by atoms with E-state index in [1.807, 2.05) is 31.2 Å². The van der Waals surface area contributed by atoms with Gasteiger partial charge in [0.2, 0.25) is 0 Å². The molecule has 2 amide bonds. The van der Waals surface area contributed by atoms with Crippen molar-refractivity contribution in [2.75, 3.05) is 18.5 Å². The highest BCUT2D eigenvalue weighted by Crippen LogP contribution is 2.27. The molecule has 0 saturated carbocycles. The maximum absolute atomic E-state index is 12.7. The molecule has 7 nitrogen and oxygen atoms in total. The van der Waals surface area contributed by atoms with Crippen LogP contribution in [-0.2, 0) is 27.3 Å². The molecule has 0 unspecified atom stereocenters. The number of benzene rings is 2. The summed E-state index contributed by atoms with van der Waals surface area (Å²) in [5, 5.41) is 3.69. The fourth-order valence-electron chi connectivity index (χ4n) is 3.64. The van der Waals surface area contributed by atoms with Crippen LogP contribution in [0, 0.1) is 0 Å². The van der Waals surface area contributed by atoms with E-state index in [1.54, 1.807) is 29.2 Å². The number of aromatic amines is 1. The maximum Gasteiger partial charge on any atom is 0.338 e. The first-order chi connectivity index (χ1) is 14.6. The number of hydrogen-bond acceptors (Lipinski definition) is 4. The van der Waals surface area contributed by atoms with Crippen LogP contribution in [0.25, 0.3) is 10.9 Å². The van der Waals surface area contributed by atoms with Crippen molar-refractivity contribution in [1.82, 2.24) is 9.88 Å².